The third-order valence-corrected chi connectivity index (χ3v) is 6.35. The van der Waals surface area contributed by atoms with E-state index in [1.54, 1.807) is 0 Å². The molecule has 26 heavy (non-hydrogen) atoms. The maximum absolute atomic E-state index is 14.8. The highest BCUT2D eigenvalue weighted by atomic mass is 79.9. The second kappa shape index (κ2) is 6.40. The van der Waals surface area contributed by atoms with Gasteiger partial charge in [0, 0.05) is 15.6 Å². The van der Waals surface area contributed by atoms with Crippen molar-refractivity contribution in [2.75, 3.05) is 7.11 Å². The first kappa shape index (κ1) is 18.9. The molecule has 3 rings (SSSR count). The predicted molar refractivity (Wildman–Crippen MR) is 96.5 cm³/mol. The number of aromatic hydroxyl groups is 1. The Morgan fingerprint density at radius 2 is 1.88 bits per heavy atom. The fourth-order valence-electron chi connectivity index (χ4n) is 2.72. The normalized spacial score (nSPS) is 11.9. The summed E-state index contributed by atoms with van der Waals surface area (Å²) in [4.78, 5) is -0.528. The van der Waals surface area contributed by atoms with Crippen molar-refractivity contribution in [3.63, 3.8) is 0 Å². The maximum Gasteiger partial charge on any atom is 0.272 e. The Bertz CT molecular complexity index is 1160. The second-order valence-corrected chi connectivity index (χ2v) is 8.51. The van der Waals surface area contributed by atoms with Crippen molar-refractivity contribution in [1.82, 2.24) is 3.97 Å². The zero-order chi connectivity index (χ0) is 19.4. The molecule has 138 valence electrons. The summed E-state index contributed by atoms with van der Waals surface area (Å²) in [7, 11) is -3.38. The van der Waals surface area contributed by atoms with Crippen LogP contribution in [-0.2, 0) is 10.0 Å². The number of fused-ring (bicyclic) bond motifs is 1. The minimum Gasteiger partial charge on any atom is -0.505 e. The van der Waals surface area contributed by atoms with E-state index in [-0.39, 0.29) is 16.1 Å². The number of aromatic nitrogens is 1. The predicted octanol–water partition coefficient (Wildman–Crippen LogP) is 4.60. The van der Waals surface area contributed by atoms with E-state index in [9.17, 15) is 22.3 Å². The lowest BCUT2D eigenvalue weighted by Crippen LogP contribution is -2.15. The zero-order valence-electron chi connectivity index (χ0n) is 13.3. The van der Waals surface area contributed by atoms with Gasteiger partial charge in [-0.2, -0.15) is 0 Å². The minimum atomic E-state index is -4.45. The lowest BCUT2D eigenvalue weighted by molar-refractivity contribution is 0.362. The molecule has 1 aromatic heterocycles. The molecule has 0 bridgehead atoms. The van der Waals surface area contributed by atoms with Crippen molar-refractivity contribution in [2.45, 2.75) is 11.8 Å². The van der Waals surface area contributed by atoms with Crippen LogP contribution >= 0.6 is 27.5 Å². The molecule has 0 aliphatic carbocycles. The molecule has 0 aliphatic heterocycles. The smallest absolute Gasteiger partial charge is 0.272 e. The number of ether oxygens (including phenoxy) is 1. The molecule has 0 amide bonds. The maximum atomic E-state index is 14.8. The number of rotatable bonds is 3. The van der Waals surface area contributed by atoms with Crippen molar-refractivity contribution in [3.05, 3.63) is 51.1 Å². The summed E-state index contributed by atoms with van der Waals surface area (Å²) >= 11 is 8.95. The largest absolute Gasteiger partial charge is 0.505 e. The van der Waals surface area contributed by atoms with E-state index in [0.29, 0.717) is 8.45 Å². The van der Waals surface area contributed by atoms with Crippen LogP contribution in [0, 0.1) is 18.6 Å². The molecule has 0 spiro atoms. The summed E-state index contributed by atoms with van der Waals surface area (Å²) in [5.74, 6) is -3.51. The molecule has 1 N–H and O–H groups in total. The van der Waals surface area contributed by atoms with Crippen LogP contribution in [0.15, 0.2) is 33.6 Å². The van der Waals surface area contributed by atoms with Crippen LogP contribution in [0.5, 0.6) is 11.5 Å². The molecular formula is C16H11BrClF2NO4S. The van der Waals surface area contributed by atoms with Gasteiger partial charge >= 0.3 is 0 Å². The number of hydrogen-bond acceptors (Lipinski definition) is 4. The molecule has 0 radical (unpaired) electrons. The average Bonchev–Trinajstić information content (AvgIpc) is 2.87. The van der Waals surface area contributed by atoms with E-state index in [4.69, 9.17) is 16.3 Å². The van der Waals surface area contributed by atoms with Crippen LogP contribution in [-0.4, -0.2) is 24.6 Å². The molecule has 3 aromatic rings. The first-order valence-electron chi connectivity index (χ1n) is 7.07. The summed E-state index contributed by atoms with van der Waals surface area (Å²) in [6.07, 6.45) is 0. The molecule has 5 nitrogen and oxygen atoms in total. The molecule has 0 saturated heterocycles. The highest BCUT2D eigenvalue weighted by molar-refractivity contribution is 9.10. The average molecular weight is 467 g/mol. The number of hydrogen-bond donors (Lipinski definition) is 1. The van der Waals surface area contributed by atoms with Crippen LogP contribution in [0.25, 0.3) is 10.9 Å². The van der Waals surface area contributed by atoms with Gasteiger partial charge in [0.2, 0.25) is 0 Å². The van der Waals surface area contributed by atoms with Crippen molar-refractivity contribution >= 4 is 48.5 Å². The molecule has 0 aliphatic rings. The minimum absolute atomic E-state index is 0.0301. The summed E-state index contributed by atoms with van der Waals surface area (Å²) in [5.41, 5.74) is -0.279. The third kappa shape index (κ3) is 2.74. The Balaban J connectivity index is 2.44. The fourth-order valence-corrected chi connectivity index (χ4v) is 5.42. The van der Waals surface area contributed by atoms with Gasteiger partial charge in [0.15, 0.2) is 23.1 Å². The summed E-state index contributed by atoms with van der Waals surface area (Å²) in [6, 6.07) is 4.75. The number of benzene rings is 2. The van der Waals surface area contributed by atoms with Gasteiger partial charge in [-0.1, -0.05) is 27.5 Å². The summed E-state index contributed by atoms with van der Waals surface area (Å²) in [6.45, 7) is 1.41. The van der Waals surface area contributed by atoms with Crippen LogP contribution in [0.4, 0.5) is 8.78 Å². The Kier molecular flexibility index (Phi) is 4.66. The molecule has 0 atom stereocenters. The van der Waals surface area contributed by atoms with Gasteiger partial charge in [-0.25, -0.2) is 21.2 Å². The van der Waals surface area contributed by atoms with E-state index >= 15 is 0 Å². The summed E-state index contributed by atoms with van der Waals surface area (Å²) in [5, 5.41) is 9.94. The number of nitrogens with zero attached hydrogens (tertiary/aromatic N) is 1. The van der Waals surface area contributed by atoms with Gasteiger partial charge < -0.3 is 9.84 Å². The van der Waals surface area contributed by atoms with Crippen LogP contribution in [0.1, 0.15) is 5.69 Å². The first-order chi connectivity index (χ1) is 12.1. The quantitative estimate of drug-likeness (QED) is 0.613. The second-order valence-electron chi connectivity index (χ2n) is 5.43. The highest BCUT2D eigenvalue weighted by Gasteiger charge is 2.29. The SMILES string of the molecule is COc1c(F)cc2cc(C)n(S(=O)(=O)c3cc(Br)cc(Cl)c3O)c2c1F. The highest BCUT2D eigenvalue weighted by Crippen LogP contribution is 2.39. The van der Waals surface area contributed by atoms with Gasteiger partial charge in [0.1, 0.15) is 10.4 Å². The monoisotopic (exact) mass is 465 g/mol. The number of phenolic OH excluding ortho intramolecular Hbond substituents is 1. The molecule has 0 fully saturated rings. The van der Waals surface area contributed by atoms with Crippen molar-refractivity contribution in [1.29, 1.82) is 0 Å². The van der Waals surface area contributed by atoms with E-state index in [2.05, 4.69) is 15.9 Å². The van der Waals surface area contributed by atoms with Crippen LogP contribution in [0.2, 0.25) is 5.02 Å². The van der Waals surface area contributed by atoms with Gasteiger partial charge in [-0.15, -0.1) is 0 Å². The zero-order valence-corrected chi connectivity index (χ0v) is 16.5. The number of methoxy groups -OCH3 is 1. The van der Waals surface area contributed by atoms with Crippen LogP contribution < -0.4 is 4.74 Å². The standard InChI is InChI=1S/C16H11BrClF2NO4S/c1-7-3-8-4-11(19)16(25-2)13(20)14(8)21(7)26(23,24)12-6-9(17)5-10(18)15(12)22/h3-6,22H,1-2H3. The van der Waals surface area contributed by atoms with E-state index < -0.39 is 43.6 Å². The third-order valence-electron chi connectivity index (χ3n) is 3.78. The fraction of sp³-hybridized carbons (Fsp3) is 0.125. The molecular weight excluding hydrogens is 456 g/mol. The van der Waals surface area contributed by atoms with E-state index in [1.807, 2.05) is 0 Å². The van der Waals surface area contributed by atoms with Gasteiger partial charge in [-0.05, 0) is 31.2 Å². The molecule has 1 heterocycles. The van der Waals surface area contributed by atoms with E-state index in [0.717, 1.165) is 19.2 Å². The molecule has 2 aromatic carbocycles. The van der Waals surface area contributed by atoms with E-state index in [1.165, 1.54) is 19.1 Å². The topological polar surface area (TPSA) is 68.5 Å². The lowest BCUT2D eigenvalue weighted by Gasteiger charge is -2.14. The number of phenols is 1. The van der Waals surface area contributed by atoms with Gasteiger partial charge in [-0.3, -0.25) is 0 Å². The van der Waals surface area contributed by atoms with Crippen molar-refractivity contribution in [2.24, 2.45) is 0 Å². The summed E-state index contributed by atoms with van der Waals surface area (Å²) < 4.78 is 60.6. The number of aryl methyl sites for hydroxylation is 1. The molecule has 0 saturated carbocycles. The van der Waals surface area contributed by atoms with Gasteiger partial charge in [0.25, 0.3) is 10.0 Å². The van der Waals surface area contributed by atoms with Crippen molar-refractivity contribution in [3.8, 4) is 11.5 Å². The molecule has 10 heteroatoms. The Morgan fingerprint density at radius 1 is 1.23 bits per heavy atom. The van der Waals surface area contributed by atoms with Crippen molar-refractivity contribution < 1.29 is 27.0 Å². The Morgan fingerprint density at radius 3 is 2.50 bits per heavy atom. The van der Waals surface area contributed by atoms with Crippen LogP contribution in [0.3, 0.4) is 0 Å². The molecule has 0 unspecified atom stereocenters. The Labute approximate surface area is 160 Å². The number of halogens is 4. The Hall–Kier alpha value is -1.84. The first-order valence-corrected chi connectivity index (χ1v) is 9.68. The van der Waals surface area contributed by atoms with Gasteiger partial charge in [0.05, 0.1) is 12.1 Å². The lowest BCUT2D eigenvalue weighted by atomic mass is 10.2.